The molecule has 1 atom stereocenters. The van der Waals surface area contributed by atoms with Gasteiger partial charge in [0.25, 0.3) is 5.89 Å². The van der Waals surface area contributed by atoms with Crippen LogP contribution in [0, 0.1) is 5.92 Å². The molecule has 31 heavy (non-hydrogen) atoms. The van der Waals surface area contributed by atoms with E-state index in [9.17, 15) is 4.79 Å². The van der Waals surface area contributed by atoms with Crippen LogP contribution in [0.15, 0.2) is 65.2 Å². The summed E-state index contributed by atoms with van der Waals surface area (Å²) >= 11 is 0. The van der Waals surface area contributed by atoms with Crippen molar-refractivity contribution in [1.82, 2.24) is 19.9 Å². The first kappa shape index (κ1) is 19.9. The standard InChI is InChI=1S/C25H28N4O2/c30-25(21-13-7-8-14-21)29-16-15-28(17-19-9-3-1-4-10-19)18-22(29)24-26-23(27-31-24)20-11-5-2-6-12-20/h1-6,9-12,21-22H,7-8,13-18H2. The minimum absolute atomic E-state index is 0.139. The van der Waals surface area contributed by atoms with E-state index in [1.165, 1.54) is 5.56 Å². The maximum atomic E-state index is 13.3. The number of amides is 1. The third-order valence-corrected chi connectivity index (χ3v) is 6.46. The third kappa shape index (κ3) is 4.39. The molecule has 1 amide bonds. The topological polar surface area (TPSA) is 62.5 Å². The molecule has 1 unspecified atom stereocenters. The molecule has 0 bridgehead atoms. The third-order valence-electron chi connectivity index (χ3n) is 6.46. The van der Waals surface area contributed by atoms with Crippen molar-refractivity contribution < 1.29 is 9.32 Å². The molecule has 2 fully saturated rings. The van der Waals surface area contributed by atoms with E-state index in [4.69, 9.17) is 9.51 Å². The second kappa shape index (κ2) is 9.02. The van der Waals surface area contributed by atoms with E-state index >= 15 is 0 Å². The summed E-state index contributed by atoms with van der Waals surface area (Å²) in [6.07, 6.45) is 4.28. The van der Waals surface area contributed by atoms with Crippen LogP contribution in [0.1, 0.15) is 43.2 Å². The van der Waals surface area contributed by atoms with Gasteiger partial charge in [0.15, 0.2) is 0 Å². The van der Waals surface area contributed by atoms with Gasteiger partial charge in [-0.25, -0.2) is 0 Å². The SMILES string of the molecule is O=C(C1CCCC1)N1CCN(Cc2ccccc2)CC1c1nc(-c2ccccc2)no1. The Hall–Kier alpha value is -2.99. The van der Waals surface area contributed by atoms with Gasteiger partial charge in [0.2, 0.25) is 11.7 Å². The van der Waals surface area contributed by atoms with E-state index in [1.807, 2.05) is 41.3 Å². The molecule has 160 valence electrons. The quantitative estimate of drug-likeness (QED) is 0.620. The van der Waals surface area contributed by atoms with Crippen LogP contribution in [-0.2, 0) is 11.3 Å². The van der Waals surface area contributed by atoms with Crippen LogP contribution in [0.4, 0.5) is 0 Å². The molecular weight excluding hydrogens is 388 g/mol. The Morgan fingerprint density at radius 1 is 0.968 bits per heavy atom. The summed E-state index contributed by atoms with van der Waals surface area (Å²) in [5, 5.41) is 4.22. The predicted octanol–water partition coefficient (Wildman–Crippen LogP) is 4.31. The highest BCUT2D eigenvalue weighted by Gasteiger charge is 2.38. The molecule has 1 saturated heterocycles. The van der Waals surface area contributed by atoms with Crippen LogP contribution in [-0.4, -0.2) is 45.5 Å². The lowest BCUT2D eigenvalue weighted by molar-refractivity contribution is -0.141. The molecule has 6 heteroatoms. The molecule has 5 rings (SSSR count). The molecule has 1 saturated carbocycles. The first-order valence-corrected chi connectivity index (χ1v) is 11.2. The first-order valence-electron chi connectivity index (χ1n) is 11.2. The highest BCUT2D eigenvalue weighted by Crippen LogP contribution is 2.33. The van der Waals surface area contributed by atoms with Gasteiger partial charge in [0.05, 0.1) is 0 Å². The molecule has 1 aliphatic heterocycles. The van der Waals surface area contributed by atoms with Crippen LogP contribution >= 0.6 is 0 Å². The summed E-state index contributed by atoms with van der Waals surface area (Å²) in [5.74, 6) is 1.49. The van der Waals surface area contributed by atoms with Gasteiger partial charge in [-0.15, -0.1) is 0 Å². The smallest absolute Gasteiger partial charge is 0.251 e. The fourth-order valence-electron chi connectivity index (χ4n) is 4.78. The minimum atomic E-state index is -0.212. The van der Waals surface area contributed by atoms with Crippen molar-refractivity contribution in [2.45, 2.75) is 38.3 Å². The molecule has 2 aromatic carbocycles. The van der Waals surface area contributed by atoms with E-state index in [0.717, 1.165) is 44.3 Å². The average molecular weight is 417 g/mol. The first-order chi connectivity index (χ1) is 15.3. The monoisotopic (exact) mass is 416 g/mol. The number of carbonyl (C=O) groups is 1. The van der Waals surface area contributed by atoms with Crippen molar-refractivity contribution in [3.8, 4) is 11.4 Å². The van der Waals surface area contributed by atoms with Crippen molar-refractivity contribution in [1.29, 1.82) is 0 Å². The summed E-state index contributed by atoms with van der Waals surface area (Å²) < 4.78 is 5.72. The Kier molecular flexibility index (Phi) is 5.80. The maximum Gasteiger partial charge on any atom is 0.251 e. The second-order valence-corrected chi connectivity index (χ2v) is 8.57. The van der Waals surface area contributed by atoms with E-state index in [2.05, 4.69) is 34.3 Å². The zero-order valence-corrected chi connectivity index (χ0v) is 17.7. The van der Waals surface area contributed by atoms with Gasteiger partial charge in [-0.1, -0.05) is 78.7 Å². The largest absolute Gasteiger partial charge is 0.337 e. The Balaban J connectivity index is 1.40. The van der Waals surface area contributed by atoms with E-state index in [-0.39, 0.29) is 17.9 Å². The summed E-state index contributed by atoms with van der Waals surface area (Å²) in [7, 11) is 0. The summed E-state index contributed by atoms with van der Waals surface area (Å²) in [4.78, 5) is 22.4. The lowest BCUT2D eigenvalue weighted by atomic mass is 10.0. The number of benzene rings is 2. The van der Waals surface area contributed by atoms with Crippen molar-refractivity contribution in [3.05, 3.63) is 72.1 Å². The number of rotatable bonds is 5. The number of carbonyl (C=O) groups excluding carboxylic acids is 1. The maximum absolute atomic E-state index is 13.3. The van der Waals surface area contributed by atoms with Gasteiger partial charge in [-0.2, -0.15) is 4.98 Å². The number of hydrogen-bond donors (Lipinski definition) is 0. The van der Waals surface area contributed by atoms with Crippen molar-refractivity contribution >= 4 is 5.91 Å². The lowest BCUT2D eigenvalue weighted by Gasteiger charge is -2.40. The molecule has 2 aliphatic rings. The van der Waals surface area contributed by atoms with Crippen LogP contribution in [0.2, 0.25) is 0 Å². The fraction of sp³-hybridized carbons (Fsp3) is 0.400. The minimum Gasteiger partial charge on any atom is -0.337 e. The van der Waals surface area contributed by atoms with Gasteiger partial charge in [-0.3, -0.25) is 9.69 Å². The molecule has 3 aromatic rings. The molecule has 0 radical (unpaired) electrons. The van der Waals surface area contributed by atoms with Crippen LogP contribution in [0.5, 0.6) is 0 Å². The van der Waals surface area contributed by atoms with Crippen LogP contribution < -0.4 is 0 Å². The normalized spacial score (nSPS) is 20.3. The Morgan fingerprint density at radius 2 is 1.68 bits per heavy atom. The molecular formula is C25H28N4O2. The summed E-state index contributed by atoms with van der Waals surface area (Å²) in [6, 6.07) is 20.1. The highest BCUT2D eigenvalue weighted by atomic mass is 16.5. The average Bonchev–Trinajstić information content (AvgIpc) is 3.53. The number of piperazine rings is 1. The molecule has 1 aliphatic carbocycles. The van der Waals surface area contributed by atoms with Crippen molar-refractivity contribution in [3.63, 3.8) is 0 Å². The van der Waals surface area contributed by atoms with Gasteiger partial charge < -0.3 is 9.42 Å². The van der Waals surface area contributed by atoms with Crippen LogP contribution in [0.3, 0.4) is 0 Å². The second-order valence-electron chi connectivity index (χ2n) is 8.57. The highest BCUT2D eigenvalue weighted by molar-refractivity contribution is 5.79. The Morgan fingerprint density at radius 3 is 2.42 bits per heavy atom. The predicted molar refractivity (Wildman–Crippen MR) is 118 cm³/mol. The number of nitrogens with zero attached hydrogens (tertiary/aromatic N) is 4. The Bertz CT molecular complexity index is 999. The molecule has 6 nitrogen and oxygen atoms in total. The number of aromatic nitrogens is 2. The molecule has 0 N–H and O–H groups in total. The fourth-order valence-corrected chi connectivity index (χ4v) is 4.78. The zero-order chi connectivity index (χ0) is 21.0. The lowest BCUT2D eigenvalue weighted by Crippen LogP contribution is -2.51. The number of hydrogen-bond acceptors (Lipinski definition) is 5. The van der Waals surface area contributed by atoms with E-state index < -0.39 is 0 Å². The molecule has 1 aromatic heterocycles. The van der Waals surface area contributed by atoms with Crippen molar-refractivity contribution in [2.24, 2.45) is 5.92 Å². The van der Waals surface area contributed by atoms with E-state index in [0.29, 0.717) is 24.8 Å². The van der Waals surface area contributed by atoms with Gasteiger partial charge >= 0.3 is 0 Å². The summed E-state index contributed by atoms with van der Waals surface area (Å²) in [5.41, 5.74) is 2.19. The van der Waals surface area contributed by atoms with Crippen molar-refractivity contribution in [2.75, 3.05) is 19.6 Å². The Labute approximate surface area is 182 Å². The van der Waals surface area contributed by atoms with Gasteiger partial charge in [0.1, 0.15) is 6.04 Å². The van der Waals surface area contributed by atoms with Gasteiger partial charge in [-0.05, 0) is 18.4 Å². The van der Waals surface area contributed by atoms with Gasteiger partial charge in [0, 0.05) is 37.7 Å². The zero-order valence-electron chi connectivity index (χ0n) is 17.7. The molecule has 0 spiro atoms. The molecule has 2 heterocycles. The van der Waals surface area contributed by atoms with Crippen LogP contribution in [0.25, 0.3) is 11.4 Å². The summed E-state index contributed by atoms with van der Waals surface area (Å²) in [6.45, 7) is 3.09. The van der Waals surface area contributed by atoms with E-state index in [1.54, 1.807) is 0 Å².